The first-order chi connectivity index (χ1) is 8.15. The molecule has 5 heteroatoms. The van der Waals surface area contributed by atoms with Crippen molar-refractivity contribution in [2.24, 2.45) is 13.0 Å². The van der Waals surface area contributed by atoms with Gasteiger partial charge in [-0.1, -0.05) is 0 Å². The lowest BCUT2D eigenvalue weighted by molar-refractivity contribution is 0.0943. The highest BCUT2D eigenvalue weighted by atomic mass is 35.5. The minimum absolute atomic E-state index is 0.0360. The Labute approximate surface area is 106 Å². The fourth-order valence-corrected chi connectivity index (χ4v) is 2.46. The van der Waals surface area contributed by atoms with Crippen LogP contribution in [-0.4, -0.2) is 27.6 Å². The highest BCUT2D eigenvalue weighted by molar-refractivity contribution is 6.20. The quantitative estimate of drug-likeness (QED) is 0.840. The Morgan fingerprint density at radius 3 is 2.82 bits per heavy atom. The van der Waals surface area contributed by atoms with Crippen molar-refractivity contribution in [3.05, 3.63) is 18.0 Å². The van der Waals surface area contributed by atoms with Crippen LogP contribution in [0.3, 0.4) is 0 Å². The summed E-state index contributed by atoms with van der Waals surface area (Å²) in [6, 6.07) is 0. The van der Waals surface area contributed by atoms with E-state index in [4.69, 9.17) is 11.6 Å². The molecule has 0 spiro atoms. The molecule has 0 bridgehead atoms. The van der Waals surface area contributed by atoms with Crippen molar-refractivity contribution in [1.82, 2.24) is 15.1 Å². The summed E-state index contributed by atoms with van der Waals surface area (Å²) in [5, 5.41) is 7.28. The number of alkyl halides is 1. The molecule has 0 unspecified atom stereocenters. The van der Waals surface area contributed by atoms with Gasteiger partial charge in [-0.3, -0.25) is 9.48 Å². The fourth-order valence-electron chi connectivity index (χ4n) is 2.20. The SMILES string of the molecule is Cn1cc(C(=O)NCC2CCC(Cl)CC2)cn1. The standard InChI is InChI=1S/C12H18ClN3O/c1-16-8-10(7-15-16)12(17)14-6-9-2-4-11(13)5-3-9/h7-9,11H,2-6H2,1H3,(H,14,17). The molecule has 0 aromatic carbocycles. The molecule has 1 aliphatic carbocycles. The first-order valence-electron chi connectivity index (χ1n) is 6.06. The summed E-state index contributed by atoms with van der Waals surface area (Å²) in [6.45, 7) is 0.747. The van der Waals surface area contributed by atoms with Crippen LogP contribution in [-0.2, 0) is 7.05 Å². The number of halogens is 1. The Hall–Kier alpha value is -1.03. The Balaban J connectivity index is 1.76. The van der Waals surface area contributed by atoms with Gasteiger partial charge in [0, 0.05) is 25.2 Å². The first-order valence-corrected chi connectivity index (χ1v) is 6.49. The highest BCUT2D eigenvalue weighted by Gasteiger charge is 2.20. The summed E-state index contributed by atoms with van der Waals surface area (Å²) < 4.78 is 1.63. The molecule has 0 radical (unpaired) electrons. The first kappa shape index (κ1) is 12.4. The second kappa shape index (κ2) is 5.54. The summed E-state index contributed by atoms with van der Waals surface area (Å²) >= 11 is 6.04. The number of carbonyl (C=O) groups excluding carboxylic acids is 1. The summed E-state index contributed by atoms with van der Waals surface area (Å²) in [5.41, 5.74) is 0.624. The smallest absolute Gasteiger partial charge is 0.254 e. The van der Waals surface area contributed by atoms with E-state index in [-0.39, 0.29) is 5.91 Å². The monoisotopic (exact) mass is 255 g/mol. The minimum Gasteiger partial charge on any atom is -0.352 e. The van der Waals surface area contributed by atoms with Gasteiger partial charge < -0.3 is 5.32 Å². The van der Waals surface area contributed by atoms with Crippen LogP contribution in [0.4, 0.5) is 0 Å². The molecule has 4 nitrogen and oxygen atoms in total. The van der Waals surface area contributed by atoms with Gasteiger partial charge in [0.2, 0.25) is 0 Å². The zero-order chi connectivity index (χ0) is 12.3. The lowest BCUT2D eigenvalue weighted by Crippen LogP contribution is -2.31. The van der Waals surface area contributed by atoms with E-state index >= 15 is 0 Å². The zero-order valence-electron chi connectivity index (χ0n) is 10.0. The molecule has 2 rings (SSSR count). The number of hydrogen-bond acceptors (Lipinski definition) is 2. The normalized spacial score (nSPS) is 24.6. The van der Waals surface area contributed by atoms with E-state index < -0.39 is 0 Å². The molecule has 0 saturated heterocycles. The van der Waals surface area contributed by atoms with E-state index in [0.29, 0.717) is 16.9 Å². The van der Waals surface area contributed by atoms with Crippen LogP contribution in [0.25, 0.3) is 0 Å². The molecule has 0 aliphatic heterocycles. The summed E-state index contributed by atoms with van der Waals surface area (Å²) in [7, 11) is 1.80. The number of nitrogens with zero attached hydrogens (tertiary/aromatic N) is 2. The number of amides is 1. The maximum atomic E-state index is 11.8. The van der Waals surface area contributed by atoms with Gasteiger partial charge in [-0.05, 0) is 31.6 Å². The predicted molar refractivity (Wildman–Crippen MR) is 67.1 cm³/mol. The van der Waals surface area contributed by atoms with Crippen LogP contribution in [0.15, 0.2) is 12.4 Å². The molecule has 1 aliphatic rings. The van der Waals surface area contributed by atoms with Gasteiger partial charge in [0.1, 0.15) is 0 Å². The van der Waals surface area contributed by atoms with E-state index in [9.17, 15) is 4.79 Å². The molecular weight excluding hydrogens is 238 g/mol. The average Bonchev–Trinajstić information content (AvgIpc) is 2.75. The summed E-state index contributed by atoms with van der Waals surface area (Å²) in [5.74, 6) is 0.539. The largest absolute Gasteiger partial charge is 0.352 e. The molecule has 1 saturated carbocycles. The van der Waals surface area contributed by atoms with E-state index in [1.165, 1.54) is 0 Å². The Morgan fingerprint density at radius 2 is 2.24 bits per heavy atom. The van der Waals surface area contributed by atoms with E-state index in [1.54, 1.807) is 24.1 Å². The minimum atomic E-state index is -0.0360. The molecule has 1 amide bonds. The summed E-state index contributed by atoms with van der Waals surface area (Å²) in [4.78, 5) is 11.8. The van der Waals surface area contributed by atoms with Crippen LogP contribution >= 0.6 is 11.6 Å². The van der Waals surface area contributed by atoms with Crippen molar-refractivity contribution in [2.75, 3.05) is 6.54 Å². The van der Waals surface area contributed by atoms with Crippen molar-refractivity contribution in [2.45, 2.75) is 31.1 Å². The van der Waals surface area contributed by atoms with Crippen LogP contribution < -0.4 is 5.32 Å². The molecule has 1 N–H and O–H groups in total. The molecule has 1 aromatic rings. The zero-order valence-corrected chi connectivity index (χ0v) is 10.8. The molecular formula is C12H18ClN3O. The van der Waals surface area contributed by atoms with Gasteiger partial charge in [-0.2, -0.15) is 5.10 Å². The van der Waals surface area contributed by atoms with E-state index in [1.807, 2.05) is 0 Å². The maximum Gasteiger partial charge on any atom is 0.254 e. The summed E-state index contributed by atoms with van der Waals surface area (Å²) in [6.07, 6.45) is 7.67. The second-order valence-corrected chi connectivity index (χ2v) is 5.35. The third-order valence-electron chi connectivity index (χ3n) is 3.29. The Kier molecular flexibility index (Phi) is 4.05. The van der Waals surface area contributed by atoms with Crippen molar-refractivity contribution < 1.29 is 4.79 Å². The van der Waals surface area contributed by atoms with Gasteiger partial charge in [0.15, 0.2) is 0 Å². The van der Waals surface area contributed by atoms with Gasteiger partial charge >= 0.3 is 0 Å². The number of carbonyl (C=O) groups is 1. The fraction of sp³-hybridized carbons (Fsp3) is 0.667. The second-order valence-electron chi connectivity index (χ2n) is 4.73. The van der Waals surface area contributed by atoms with Crippen molar-refractivity contribution >= 4 is 17.5 Å². The van der Waals surface area contributed by atoms with Crippen LogP contribution in [0, 0.1) is 5.92 Å². The molecule has 0 atom stereocenters. The maximum absolute atomic E-state index is 11.8. The average molecular weight is 256 g/mol. The molecule has 1 aromatic heterocycles. The van der Waals surface area contributed by atoms with Crippen molar-refractivity contribution in [1.29, 1.82) is 0 Å². The number of aromatic nitrogens is 2. The Bertz CT molecular complexity index is 383. The topological polar surface area (TPSA) is 46.9 Å². The Morgan fingerprint density at radius 1 is 1.53 bits per heavy atom. The molecule has 17 heavy (non-hydrogen) atoms. The van der Waals surface area contributed by atoms with E-state index in [2.05, 4.69) is 10.4 Å². The number of nitrogens with one attached hydrogen (secondary N) is 1. The third kappa shape index (κ3) is 3.46. The van der Waals surface area contributed by atoms with Crippen LogP contribution in [0.5, 0.6) is 0 Å². The lowest BCUT2D eigenvalue weighted by Gasteiger charge is -2.24. The van der Waals surface area contributed by atoms with Gasteiger partial charge in [-0.15, -0.1) is 11.6 Å². The predicted octanol–water partition coefficient (Wildman–Crippen LogP) is 1.95. The number of hydrogen-bond donors (Lipinski definition) is 1. The van der Waals surface area contributed by atoms with Crippen LogP contribution in [0.1, 0.15) is 36.0 Å². The number of rotatable bonds is 3. The van der Waals surface area contributed by atoms with Crippen LogP contribution in [0.2, 0.25) is 0 Å². The van der Waals surface area contributed by atoms with Crippen molar-refractivity contribution in [3.63, 3.8) is 0 Å². The lowest BCUT2D eigenvalue weighted by atomic mass is 9.89. The van der Waals surface area contributed by atoms with Gasteiger partial charge in [-0.25, -0.2) is 0 Å². The van der Waals surface area contributed by atoms with Gasteiger partial charge in [0.25, 0.3) is 5.91 Å². The molecule has 1 heterocycles. The van der Waals surface area contributed by atoms with E-state index in [0.717, 1.165) is 32.2 Å². The third-order valence-corrected chi connectivity index (χ3v) is 3.73. The van der Waals surface area contributed by atoms with Gasteiger partial charge in [0.05, 0.1) is 11.8 Å². The van der Waals surface area contributed by atoms with Crippen molar-refractivity contribution in [3.8, 4) is 0 Å². The molecule has 1 fully saturated rings. The highest BCUT2D eigenvalue weighted by Crippen LogP contribution is 2.26. The number of aryl methyl sites for hydroxylation is 1. The molecule has 94 valence electrons.